The molecule has 1 aromatic carbocycles. The molecule has 1 atom stereocenters. The summed E-state index contributed by atoms with van der Waals surface area (Å²) in [5, 5.41) is 17.7. The molecule has 0 fully saturated rings. The number of nitrogens with zero attached hydrogens (tertiary/aromatic N) is 7. The zero-order valence-corrected chi connectivity index (χ0v) is 25.0. The van der Waals surface area contributed by atoms with Crippen molar-refractivity contribution < 1.29 is 9.59 Å². The predicted octanol–water partition coefficient (Wildman–Crippen LogP) is 2.84. The molecule has 0 aliphatic carbocycles. The third-order valence-electron chi connectivity index (χ3n) is 6.14. The summed E-state index contributed by atoms with van der Waals surface area (Å²) in [6.07, 6.45) is 10.4. The molecule has 42 heavy (non-hydrogen) atoms. The lowest BCUT2D eigenvalue weighted by molar-refractivity contribution is -0.135. The van der Waals surface area contributed by atoms with E-state index in [0.717, 1.165) is 24.3 Å². The molecular formula is C30H40N10O2. The van der Waals surface area contributed by atoms with Crippen LogP contribution in [0.2, 0.25) is 0 Å². The van der Waals surface area contributed by atoms with Gasteiger partial charge in [0.2, 0.25) is 17.8 Å². The quantitative estimate of drug-likeness (QED) is 0.151. The Morgan fingerprint density at radius 3 is 2.52 bits per heavy atom. The highest BCUT2D eigenvalue weighted by Gasteiger charge is 2.20. The van der Waals surface area contributed by atoms with Crippen molar-refractivity contribution in [3.8, 4) is 17.5 Å². The number of amides is 2. The lowest BCUT2D eigenvalue weighted by Gasteiger charge is -2.23. The molecule has 12 heteroatoms. The molecule has 12 nitrogen and oxygen atoms in total. The summed E-state index contributed by atoms with van der Waals surface area (Å²) in [6.45, 7) is 5.67. The van der Waals surface area contributed by atoms with Crippen LogP contribution in [0, 0.1) is 11.8 Å². The number of anilines is 3. The molecule has 0 saturated carbocycles. The minimum absolute atomic E-state index is 0.199. The van der Waals surface area contributed by atoms with Gasteiger partial charge >= 0.3 is 0 Å². The Bertz CT molecular complexity index is 1380. The van der Waals surface area contributed by atoms with Gasteiger partial charge in [-0.2, -0.15) is 20.0 Å². The molecule has 0 aliphatic rings. The van der Waals surface area contributed by atoms with Crippen LogP contribution >= 0.6 is 0 Å². The number of carbonyl (C=O) groups excluding carboxylic acids is 2. The zero-order chi connectivity index (χ0) is 30.3. The average Bonchev–Trinajstić information content (AvgIpc) is 3.53. The maximum atomic E-state index is 12.5. The van der Waals surface area contributed by atoms with Crippen molar-refractivity contribution in [2.45, 2.75) is 39.2 Å². The first-order valence-corrected chi connectivity index (χ1v) is 14.0. The van der Waals surface area contributed by atoms with Crippen molar-refractivity contribution in [2.24, 2.45) is 0 Å². The normalized spacial score (nSPS) is 11.6. The Kier molecular flexibility index (Phi) is 12.5. The summed E-state index contributed by atoms with van der Waals surface area (Å²) in [5.41, 5.74) is 2.38. The van der Waals surface area contributed by atoms with E-state index in [1.54, 1.807) is 43.4 Å². The lowest BCUT2D eigenvalue weighted by Crippen LogP contribution is -2.45. The van der Waals surface area contributed by atoms with Crippen LogP contribution in [0.1, 0.15) is 38.7 Å². The fourth-order valence-electron chi connectivity index (χ4n) is 3.61. The minimum Gasteiger partial charge on any atom is -0.369 e. The summed E-state index contributed by atoms with van der Waals surface area (Å²) in [4.78, 5) is 38.8. The third kappa shape index (κ3) is 10.0. The molecule has 2 heterocycles. The van der Waals surface area contributed by atoms with Gasteiger partial charge in [-0.25, -0.2) is 4.98 Å². The average molecular weight is 573 g/mol. The molecule has 0 aliphatic heterocycles. The topological polar surface area (TPSA) is 133 Å². The van der Waals surface area contributed by atoms with Gasteiger partial charge in [0.25, 0.3) is 0 Å². The van der Waals surface area contributed by atoms with Crippen molar-refractivity contribution in [3.63, 3.8) is 0 Å². The summed E-state index contributed by atoms with van der Waals surface area (Å²) >= 11 is 0. The van der Waals surface area contributed by atoms with Crippen molar-refractivity contribution in [3.05, 3.63) is 60.6 Å². The summed E-state index contributed by atoms with van der Waals surface area (Å²) in [7, 11) is 5.47. The third-order valence-corrected chi connectivity index (χ3v) is 6.14. The van der Waals surface area contributed by atoms with E-state index in [9.17, 15) is 9.59 Å². The van der Waals surface area contributed by atoms with Crippen LogP contribution in [0.5, 0.6) is 0 Å². The van der Waals surface area contributed by atoms with Crippen molar-refractivity contribution >= 4 is 29.3 Å². The fourth-order valence-corrected chi connectivity index (χ4v) is 3.61. The maximum absolute atomic E-state index is 12.5. The SMILES string of the molecule is CCCNc1nc(Nc2ccc(-n3nccn3)cc2)ncc1C#CCCCNC(=O)[C@H](C)N(C)C(=O)C=CCN(C)C. The number of benzene rings is 1. The molecule has 0 saturated heterocycles. The van der Waals surface area contributed by atoms with Crippen molar-refractivity contribution in [2.75, 3.05) is 51.4 Å². The fraction of sp³-hybridized carbons (Fsp3) is 0.400. The van der Waals surface area contributed by atoms with Crippen LogP contribution in [-0.4, -0.2) is 93.4 Å². The highest BCUT2D eigenvalue weighted by atomic mass is 16.2. The first-order valence-electron chi connectivity index (χ1n) is 14.0. The molecule has 0 bridgehead atoms. The van der Waals surface area contributed by atoms with Crippen LogP contribution < -0.4 is 16.0 Å². The number of aromatic nitrogens is 5. The molecule has 0 unspecified atom stereocenters. The molecule has 0 spiro atoms. The molecule has 3 N–H and O–H groups in total. The van der Waals surface area contributed by atoms with E-state index in [0.29, 0.717) is 43.3 Å². The van der Waals surface area contributed by atoms with Crippen molar-refractivity contribution in [1.29, 1.82) is 0 Å². The van der Waals surface area contributed by atoms with E-state index in [-0.39, 0.29) is 11.8 Å². The standard InChI is InChI=1S/C30H40N10O2/c1-6-17-31-28-24(22-33-30(37-28)36-25-13-15-26(16-14-25)40-34-19-20-35-40)11-8-7-9-18-32-29(42)23(2)39(5)27(41)12-10-21-38(3)4/h10,12-16,19-20,22-23H,6-7,9,17-18,21H2,1-5H3,(H,32,42)(H2,31,33,36,37)/t23-/m0/s1. The number of nitrogens with one attached hydrogen (secondary N) is 3. The predicted molar refractivity (Wildman–Crippen MR) is 165 cm³/mol. The second kappa shape index (κ2) is 16.5. The first kappa shape index (κ1) is 31.8. The molecule has 2 amide bonds. The van der Waals surface area contributed by atoms with Crippen LogP contribution in [0.15, 0.2) is 55.0 Å². The van der Waals surface area contributed by atoms with Crippen LogP contribution in [-0.2, 0) is 9.59 Å². The van der Waals surface area contributed by atoms with Gasteiger partial charge in [0.15, 0.2) is 0 Å². The smallest absolute Gasteiger partial charge is 0.246 e. The van der Waals surface area contributed by atoms with E-state index in [1.807, 2.05) is 43.3 Å². The largest absolute Gasteiger partial charge is 0.369 e. The Balaban J connectivity index is 1.50. The van der Waals surface area contributed by atoms with Gasteiger partial charge in [-0.1, -0.05) is 24.8 Å². The van der Waals surface area contributed by atoms with Gasteiger partial charge in [0.05, 0.1) is 29.8 Å². The van der Waals surface area contributed by atoms with Gasteiger partial charge in [-0.3, -0.25) is 9.59 Å². The maximum Gasteiger partial charge on any atom is 0.246 e. The van der Waals surface area contributed by atoms with Crippen LogP contribution in [0.4, 0.5) is 17.5 Å². The molecular weight excluding hydrogens is 532 g/mol. The Hall–Kier alpha value is -4.76. The van der Waals surface area contributed by atoms with Crippen LogP contribution in [0.3, 0.4) is 0 Å². The summed E-state index contributed by atoms with van der Waals surface area (Å²) in [5.74, 6) is 7.01. The number of carbonyl (C=O) groups is 2. The second-order valence-corrected chi connectivity index (χ2v) is 9.86. The molecule has 2 aromatic heterocycles. The van der Waals surface area contributed by atoms with E-state index in [4.69, 9.17) is 0 Å². The van der Waals surface area contributed by atoms with E-state index >= 15 is 0 Å². The van der Waals surface area contributed by atoms with Gasteiger partial charge in [-0.15, -0.1) is 0 Å². The lowest BCUT2D eigenvalue weighted by atomic mass is 10.2. The Morgan fingerprint density at radius 2 is 1.83 bits per heavy atom. The van der Waals surface area contributed by atoms with Gasteiger partial charge in [0.1, 0.15) is 11.9 Å². The van der Waals surface area contributed by atoms with Gasteiger partial charge in [-0.05, 0) is 58.1 Å². The summed E-state index contributed by atoms with van der Waals surface area (Å²) in [6, 6.07) is 7.06. The van der Waals surface area contributed by atoms with E-state index in [2.05, 4.69) is 54.9 Å². The van der Waals surface area contributed by atoms with Gasteiger partial charge < -0.3 is 25.8 Å². The Morgan fingerprint density at radius 1 is 1.10 bits per heavy atom. The number of likely N-dealkylation sites (N-methyl/N-ethyl adjacent to an activating group) is 2. The Labute approximate surface area is 247 Å². The second-order valence-electron chi connectivity index (χ2n) is 9.86. The molecule has 3 aromatic rings. The van der Waals surface area contributed by atoms with E-state index < -0.39 is 6.04 Å². The number of hydrogen-bond acceptors (Lipinski definition) is 9. The van der Waals surface area contributed by atoms with E-state index in [1.165, 1.54) is 11.0 Å². The van der Waals surface area contributed by atoms with Gasteiger partial charge in [0, 0.05) is 44.9 Å². The molecule has 0 radical (unpaired) electrons. The van der Waals surface area contributed by atoms with Crippen LogP contribution in [0.25, 0.3) is 5.69 Å². The highest BCUT2D eigenvalue weighted by molar-refractivity contribution is 5.92. The monoisotopic (exact) mass is 572 g/mol. The molecule has 3 rings (SSSR count). The molecule has 222 valence electrons. The zero-order valence-electron chi connectivity index (χ0n) is 25.0. The minimum atomic E-state index is -0.574. The number of unbranched alkanes of at least 4 members (excludes halogenated alkanes) is 1. The van der Waals surface area contributed by atoms with Crippen molar-refractivity contribution in [1.82, 2.24) is 40.1 Å². The first-order chi connectivity index (χ1) is 20.3. The summed E-state index contributed by atoms with van der Waals surface area (Å²) < 4.78 is 0. The number of hydrogen-bond donors (Lipinski definition) is 3. The highest BCUT2D eigenvalue weighted by Crippen LogP contribution is 2.18. The number of rotatable bonds is 14.